The van der Waals surface area contributed by atoms with E-state index in [0.29, 0.717) is 4.78 Å². The summed E-state index contributed by atoms with van der Waals surface area (Å²) in [6.45, 7) is 7.95. The summed E-state index contributed by atoms with van der Waals surface area (Å²) in [7, 11) is -1.34. The van der Waals surface area contributed by atoms with Crippen molar-refractivity contribution in [2.75, 3.05) is 31.1 Å². The molecular weight excluding hydrogens is 223 g/mol. The van der Waals surface area contributed by atoms with Crippen molar-refractivity contribution in [2.24, 2.45) is 0 Å². The van der Waals surface area contributed by atoms with Gasteiger partial charge in [0, 0.05) is 42.0 Å². The first kappa shape index (κ1) is 13.5. The zero-order valence-electron chi connectivity index (χ0n) is 9.81. The van der Waals surface area contributed by atoms with E-state index < -0.39 is 7.12 Å². The third-order valence-electron chi connectivity index (χ3n) is 2.34. The minimum Gasteiger partial charge on any atom is -0.423 e. The molecule has 0 aliphatic carbocycles. The number of thiophene rings is 1. The van der Waals surface area contributed by atoms with Crippen molar-refractivity contribution in [3.63, 3.8) is 0 Å². The smallest absolute Gasteiger partial charge is 0.423 e. The van der Waals surface area contributed by atoms with Crippen LogP contribution in [-0.4, -0.2) is 43.3 Å². The summed E-state index contributed by atoms with van der Waals surface area (Å²) in [5.74, 6) is 0. The predicted octanol–water partition coefficient (Wildman–Crippen LogP) is -0.136. The van der Waals surface area contributed by atoms with Gasteiger partial charge < -0.3 is 20.3 Å². The number of nitrogens with one attached hydrogen (secondary N) is 1. The van der Waals surface area contributed by atoms with E-state index in [1.165, 1.54) is 11.3 Å². The fourth-order valence-corrected chi connectivity index (χ4v) is 2.35. The molecule has 16 heavy (non-hydrogen) atoms. The van der Waals surface area contributed by atoms with Crippen molar-refractivity contribution < 1.29 is 10.0 Å². The number of nitrogens with zero attached hydrogens (tertiary/aromatic N) is 1. The molecule has 0 amide bonds. The molecular formula is C10H19BN2O2S. The Morgan fingerprint density at radius 1 is 1.31 bits per heavy atom. The zero-order valence-corrected chi connectivity index (χ0v) is 10.6. The maximum atomic E-state index is 8.97. The van der Waals surface area contributed by atoms with Crippen molar-refractivity contribution in [1.29, 1.82) is 0 Å². The number of piperazine rings is 1. The number of rotatable bonds is 2. The van der Waals surface area contributed by atoms with Crippen LogP contribution >= 0.6 is 11.3 Å². The van der Waals surface area contributed by atoms with Gasteiger partial charge in [-0.1, -0.05) is 13.8 Å². The van der Waals surface area contributed by atoms with Gasteiger partial charge >= 0.3 is 7.12 Å². The van der Waals surface area contributed by atoms with Gasteiger partial charge in [0.25, 0.3) is 0 Å². The normalized spacial score (nSPS) is 15.4. The van der Waals surface area contributed by atoms with Crippen LogP contribution in [0.15, 0.2) is 11.4 Å². The molecule has 0 radical (unpaired) electrons. The quantitative estimate of drug-likeness (QED) is 0.632. The molecule has 0 unspecified atom stereocenters. The van der Waals surface area contributed by atoms with Gasteiger partial charge in [-0.25, -0.2) is 0 Å². The van der Waals surface area contributed by atoms with Crippen LogP contribution in [0, 0.1) is 0 Å². The Bertz CT molecular complexity index is 301. The van der Waals surface area contributed by atoms with Crippen LogP contribution in [0.4, 0.5) is 5.69 Å². The molecule has 6 heteroatoms. The number of hydrogen-bond acceptors (Lipinski definition) is 5. The van der Waals surface area contributed by atoms with Crippen LogP contribution in [0.25, 0.3) is 0 Å². The van der Waals surface area contributed by atoms with Crippen LogP contribution in [0.2, 0.25) is 0 Å². The Morgan fingerprint density at radius 3 is 2.44 bits per heavy atom. The summed E-state index contributed by atoms with van der Waals surface area (Å²) in [6.07, 6.45) is 0. The van der Waals surface area contributed by atoms with Gasteiger partial charge in [-0.15, -0.1) is 0 Å². The molecule has 1 saturated heterocycles. The molecule has 0 aromatic carbocycles. The Hall–Kier alpha value is -0.555. The highest BCUT2D eigenvalue weighted by molar-refractivity contribution is 7.20. The highest BCUT2D eigenvalue weighted by atomic mass is 32.1. The lowest BCUT2D eigenvalue weighted by Crippen LogP contribution is -2.43. The molecule has 2 heterocycles. The van der Waals surface area contributed by atoms with Gasteiger partial charge in [-0.3, -0.25) is 0 Å². The first-order chi connectivity index (χ1) is 7.77. The largest absolute Gasteiger partial charge is 0.499 e. The monoisotopic (exact) mass is 242 g/mol. The van der Waals surface area contributed by atoms with E-state index in [0.717, 1.165) is 31.9 Å². The summed E-state index contributed by atoms with van der Waals surface area (Å²) in [5.41, 5.74) is 1.10. The van der Waals surface area contributed by atoms with Crippen LogP contribution in [0.3, 0.4) is 0 Å². The predicted molar refractivity (Wildman–Crippen MR) is 70.6 cm³/mol. The van der Waals surface area contributed by atoms with E-state index >= 15 is 0 Å². The fraction of sp³-hybridized carbons (Fsp3) is 0.600. The molecule has 1 aliphatic rings. The maximum absolute atomic E-state index is 8.97. The van der Waals surface area contributed by atoms with Gasteiger partial charge in [-0.2, -0.15) is 11.3 Å². The van der Waals surface area contributed by atoms with E-state index in [9.17, 15) is 0 Å². The molecule has 4 nitrogen and oxygen atoms in total. The molecule has 3 N–H and O–H groups in total. The van der Waals surface area contributed by atoms with Crippen molar-refractivity contribution >= 4 is 28.9 Å². The lowest BCUT2D eigenvalue weighted by Gasteiger charge is -2.28. The molecule has 1 aliphatic heterocycles. The van der Waals surface area contributed by atoms with Crippen molar-refractivity contribution in [2.45, 2.75) is 13.8 Å². The highest BCUT2D eigenvalue weighted by Gasteiger charge is 2.17. The Balaban J connectivity index is 0.000000606. The third kappa shape index (κ3) is 3.48. The lowest BCUT2D eigenvalue weighted by molar-refractivity contribution is 0.427. The Morgan fingerprint density at radius 2 is 1.94 bits per heavy atom. The molecule has 2 rings (SSSR count). The van der Waals surface area contributed by atoms with Gasteiger partial charge in [0.15, 0.2) is 0 Å². The molecule has 0 saturated carbocycles. The summed E-state index contributed by atoms with van der Waals surface area (Å²) < 4.78 is 0.610. The molecule has 1 aromatic heterocycles. The lowest BCUT2D eigenvalue weighted by atomic mass is 9.89. The van der Waals surface area contributed by atoms with Crippen LogP contribution in [-0.2, 0) is 0 Å². The third-order valence-corrected chi connectivity index (χ3v) is 3.30. The molecule has 90 valence electrons. The Labute approximate surface area is 101 Å². The zero-order chi connectivity index (χ0) is 12.0. The van der Waals surface area contributed by atoms with E-state index in [4.69, 9.17) is 10.0 Å². The second-order valence-electron chi connectivity index (χ2n) is 3.32. The van der Waals surface area contributed by atoms with Gasteiger partial charge in [-0.05, 0) is 6.07 Å². The van der Waals surface area contributed by atoms with E-state index in [1.807, 2.05) is 25.3 Å². The second-order valence-corrected chi connectivity index (χ2v) is 4.26. The first-order valence-corrected chi connectivity index (χ1v) is 6.55. The van der Waals surface area contributed by atoms with Gasteiger partial charge in [0.05, 0.1) is 0 Å². The minimum atomic E-state index is -1.34. The maximum Gasteiger partial charge on any atom is 0.499 e. The van der Waals surface area contributed by atoms with Crippen LogP contribution in [0.1, 0.15) is 13.8 Å². The first-order valence-electron chi connectivity index (χ1n) is 5.67. The summed E-state index contributed by atoms with van der Waals surface area (Å²) in [5, 5.41) is 23.2. The number of hydrogen-bond donors (Lipinski definition) is 3. The van der Waals surface area contributed by atoms with E-state index in [-0.39, 0.29) is 0 Å². The average molecular weight is 242 g/mol. The average Bonchev–Trinajstić information content (AvgIpc) is 2.82. The molecule has 1 aromatic rings. The molecule has 0 spiro atoms. The topological polar surface area (TPSA) is 55.7 Å². The SMILES string of the molecule is CC.OB(O)c1cc(N2CCNCC2)cs1. The summed E-state index contributed by atoms with van der Waals surface area (Å²) >= 11 is 1.39. The standard InChI is InChI=1S/C8H13BN2O2S.C2H6/c12-9(13)8-5-7(6-14-8)11-3-1-10-2-4-11;1-2/h5-6,10,12-13H,1-4H2;1-2H3. The minimum absolute atomic E-state index is 0.610. The van der Waals surface area contributed by atoms with Gasteiger partial charge in [0.2, 0.25) is 0 Å². The second kappa shape index (κ2) is 6.91. The van der Waals surface area contributed by atoms with Crippen molar-refractivity contribution in [1.82, 2.24) is 5.32 Å². The van der Waals surface area contributed by atoms with Crippen LogP contribution < -0.4 is 15.0 Å². The highest BCUT2D eigenvalue weighted by Crippen LogP contribution is 2.16. The van der Waals surface area contributed by atoms with Crippen molar-refractivity contribution in [3.05, 3.63) is 11.4 Å². The molecule has 1 fully saturated rings. The van der Waals surface area contributed by atoms with Crippen molar-refractivity contribution in [3.8, 4) is 0 Å². The molecule has 0 atom stereocenters. The summed E-state index contributed by atoms with van der Waals surface area (Å²) in [6, 6.07) is 1.85. The fourth-order valence-electron chi connectivity index (χ4n) is 1.57. The van der Waals surface area contributed by atoms with E-state index in [1.54, 1.807) is 0 Å². The summed E-state index contributed by atoms with van der Waals surface area (Å²) in [4.78, 5) is 2.25. The van der Waals surface area contributed by atoms with Crippen LogP contribution in [0.5, 0.6) is 0 Å². The number of anilines is 1. The van der Waals surface area contributed by atoms with Gasteiger partial charge in [0.1, 0.15) is 0 Å². The van der Waals surface area contributed by atoms with E-state index in [2.05, 4.69) is 10.2 Å². The Kier molecular flexibility index (Phi) is 5.83. The molecule has 0 bridgehead atoms.